The Morgan fingerprint density at radius 2 is 1.37 bits per heavy atom. The molecular weight excluding hydrogens is 729 g/mol. The van der Waals surface area contributed by atoms with Crippen molar-refractivity contribution in [3.63, 3.8) is 0 Å². The zero-order valence-electron chi connectivity index (χ0n) is 33.2. The number of nitrogens with zero attached hydrogens (tertiary/aromatic N) is 4. The molecule has 2 aromatic carbocycles. The fourth-order valence-corrected chi connectivity index (χ4v) is 8.39. The number of carbonyl (C=O) groups is 4. The summed E-state index contributed by atoms with van der Waals surface area (Å²) in [6.45, 7) is 7.35. The number of amides is 4. The van der Waals surface area contributed by atoms with Crippen LogP contribution in [0.2, 0.25) is 0 Å². The molecule has 0 radical (unpaired) electrons. The van der Waals surface area contributed by atoms with Gasteiger partial charge < -0.3 is 44.6 Å². The highest BCUT2D eigenvalue weighted by Gasteiger charge is 2.51. The second kappa shape index (κ2) is 16.8. The molecule has 3 fully saturated rings. The molecule has 4 amide bonds. The second-order valence-electron chi connectivity index (χ2n) is 15.5. The summed E-state index contributed by atoms with van der Waals surface area (Å²) in [6.07, 6.45) is 6.82. The first-order valence-corrected chi connectivity index (χ1v) is 19.8. The van der Waals surface area contributed by atoms with Crippen molar-refractivity contribution in [2.24, 2.45) is 5.92 Å². The monoisotopic (exact) mass is 780 g/mol. The third-order valence-corrected chi connectivity index (χ3v) is 11.5. The van der Waals surface area contributed by atoms with Crippen molar-refractivity contribution in [2.75, 3.05) is 33.9 Å². The molecular formula is C42H52N8O7. The van der Waals surface area contributed by atoms with Crippen LogP contribution in [0.5, 0.6) is 0 Å². The van der Waals surface area contributed by atoms with Crippen LogP contribution in [-0.4, -0.2) is 105 Å². The van der Waals surface area contributed by atoms with Gasteiger partial charge in [0.25, 0.3) is 0 Å². The molecule has 3 saturated heterocycles. The molecule has 57 heavy (non-hydrogen) atoms. The summed E-state index contributed by atoms with van der Waals surface area (Å²) in [7, 11) is 2.57. The highest BCUT2D eigenvalue weighted by Crippen LogP contribution is 2.45. The average molecular weight is 781 g/mol. The Morgan fingerprint density at radius 3 is 1.89 bits per heavy atom. The maximum atomic E-state index is 13.8. The number of benzene rings is 2. The number of ether oxygens (including phenoxy) is 3. The molecule has 2 aromatic heterocycles. The molecule has 3 aliphatic rings. The highest BCUT2D eigenvalue weighted by molar-refractivity contribution is 5.87. The number of hydrogen-bond acceptors (Lipinski definition) is 9. The molecule has 0 unspecified atom stereocenters. The maximum absolute atomic E-state index is 13.8. The first-order valence-electron chi connectivity index (χ1n) is 19.8. The van der Waals surface area contributed by atoms with Gasteiger partial charge in [0.2, 0.25) is 11.8 Å². The first-order chi connectivity index (χ1) is 27.5. The van der Waals surface area contributed by atoms with Crippen LogP contribution < -0.4 is 10.6 Å². The van der Waals surface area contributed by atoms with Crippen molar-refractivity contribution < 1.29 is 33.4 Å². The minimum atomic E-state index is -0.716. The predicted molar refractivity (Wildman–Crippen MR) is 212 cm³/mol. The minimum absolute atomic E-state index is 0.108. The molecule has 0 bridgehead atoms. The molecule has 5 heterocycles. The Labute approximate surface area is 332 Å². The van der Waals surface area contributed by atoms with Crippen molar-refractivity contribution in [1.29, 1.82) is 0 Å². The zero-order valence-corrected chi connectivity index (χ0v) is 33.2. The number of nitrogens with one attached hydrogen (secondary N) is 4. The molecule has 5 atom stereocenters. The van der Waals surface area contributed by atoms with Gasteiger partial charge in [-0.15, -0.1) is 0 Å². The van der Waals surface area contributed by atoms with E-state index in [-0.39, 0.29) is 29.8 Å². The topological polar surface area (TPSA) is 184 Å². The molecule has 0 aliphatic carbocycles. The van der Waals surface area contributed by atoms with Crippen LogP contribution in [0.1, 0.15) is 83.0 Å². The quantitative estimate of drug-likeness (QED) is 0.139. The Bertz CT molecular complexity index is 2050. The van der Waals surface area contributed by atoms with Crippen molar-refractivity contribution >= 4 is 24.0 Å². The Kier molecular flexibility index (Phi) is 11.7. The van der Waals surface area contributed by atoms with Gasteiger partial charge in [-0.25, -0.2) is 19.6 Å². The zero-order chi connectivity index (χ0) is 40.3. The van der Waals surface area contributed by atoms with Crippen LogP contribution in [0.25, 0.3) is 33.6 Å². The molecule has 302 valence electrons. The van der Waals surface area contributed by atoms with Gasteiger partial charge in [0.05, 0.1) is 62.2 Å². The number of hydrogen-bond donors (Lipinski definition) is 4. The van der Waals surface area contributed by atoms with Crippen LogP contribution in [0, 0.1) is 5.92 Å². The van der Waals surface area contributed by atoms with Gasteiger partial charge in [0.15, 0.2) is 0 Å². The van der Waals surface area contributed by atoms with E-state index in [9.17, 15) is 19.2 Å². The van der Waals surface area contributed by atoms with Gasteiger partial charge in [-0.2, -0.15) is 0 Å². The lowest BCUT2D eigenvalue weighted by Crippen LogP contribution is -2.51. The maximum Gasteiger partial charge on any atom is 0.407 e. The normalized spacial score (nSPS) is 21.5. The predicted octanol–water partition coefficient (Wildman–Crippen LogP) is 6.14. The molecule has 1 spiro atoms. The Morgan fingerprint density at radius 1 is 0.807 bits per heavy atom. The molecule has 15 heteroatoms. The summed E-state index contributed by atoms with van der Waals surface area (Å²) in [5, 5.41) is 5.37. The Hall–Kier alpha value is -5.70. The van der Waals surface area contributed by atoms with Crippen molar-refractivity contribution in [1.82, 2.24) is 40.4 Å². The molecule has 4 N–H and O–H groups in total. The number of H-pyrrole nitrogens is 2. The fourth-order valence-electron chi connectivity index (χ4n) is 8.39. The lowest BCUT2D eigenvalue weighted by atomic mass is 9.96. The minimum Gasteiger partial charge on any atom is -0.453 e. The largest absolute Gasteiger partial charge is 0.453 e. The van der Waals surface area contributed by atoms with Crippen LogP contribution in [0.3, 0.4) is 0 Å². The summed E-state index contributed by atoms with van der Waals surface area (Å²) >= 11 is 0. The van der Waals surface area contributed by atoms with E-state index in [2.05, 4.69) is 49.9 Å². The van der Waals surface area contributed by atoms with Crippen LogP contribution in [0.4, 0.5) is 9.59 Å². The van der Waals surface area contributed by atoms with Gasteiger partial charge in [-0.3, -0.25) is 9.59 Å². The Balaban J connectivity index is 1.02. The summed E-state index contributed by atoms with van der Waals surface area (Å²) in [5.74, 6) is 0.972. The van der Waals surface area contributed by atoms with E-state index >= 15 is 0 Å². The SMILES string of the molecule is CC[C@@H](NC(=O)OC)C(=O)N1C[C@]2(CCCO2)C[C@H]1c1ncc(-c2ccc(-c3ccc(-c4cnc([C@@H]5CCCN5C(=O)[C@@H](NC(=O)OC)C(C)C)[nH]4)cc3)cc2)[nH]1. The van der Waals surface area contributed by atoms with E-state index in [0.717, 1.165) is 65.1 Å². The van der Waals surface area contributed by atoms with Crippen LogP contribution in [-0.2, 0) is 23.8 Å². The van der Waals surface area contributed by atoms with Gasteiger partial charge >= 0.3 is 12.2 Å². The summed E-state index contributed by atoms with van der Waals surface area (Å²) in [5.41, 5.74) is 5.30. The number of aromatic amines is 2. The number of methoxy groups -OCH3 is 2. The third kappa shape index (κ3) is 8.24. The van der Waals surface area contributed by atoms with E-state index in [1.54, 1.807) is 22.2 Å². The van der Waals surface area contributed by atoms with Crippen LogP contribution in [0.15, 0.2) is 60.9 Å². The lowest BCUT2D eigenvalue weighted by molar-refractivity contribution is -0.136. The number of rotatable bonds is 11. The van der Waals surface area contributed by atoms with E-state index in [0.29, 0.717) is 38.4 Å². The number of imidazole rings is 2. The van der Waals surface area contributed by atoms with Crippen molar-refractivity contribution in [3.05, 3.63) is 72.6 Å². The lowest BCUT2D eigenvalue weighted by Gasteiger charge is -2.30. The fraction of sp³-hybridized carbons (Fsp3) is 0.476. The van der Waals surface area contributed by atoms with Gasteiger partial charge in [0.1, 0.15) is 23.7 Å². The molecule has 15 nitrogen and oxygen atoms in total. The third-order valence-electron chi connectivity index (χ3n) is 11.5. The summed E-state index contributed by atoms with van der Waals surface area (Å²) < 4.78 is 15.7. The number of likely N-dealkylation sites (tertiary alicyclic amines) is 2. The highest BCUT2D eigenvalue weighted by atomic mass is 16.5. The molecule has 7 rings (SSSR count). The van der Waals surface area contributed by atoms with Crippen LogP contribution >= 0.6 is 0 Å². The van der Waals surface area contributed by atoms with E-state index in [1.807, 2.05) is 45.0 Å². The number of carbonyl (C=O) groups excluding carboxylic acids is 4. The van der Waals surface area contributed by atoms with E-state index in [4.69, 9.17) is 19.2 Å². The molecule has 3 aliphatic heterocycles. The van der Waals surface area contributed by atoms with Crippen molar-refractivity contribution in [2.45, 2.75) is 89.1 Å². The van der Waals surface area contributed by atoms with E-state index in [1.165, 1.54) is 14.2 Å². The van der Waals surface area contributed by atoms with Crippen molar-refractivity contribution in [3.8, 4) is 33.6 Å². The summed E-state index contributed by atoms with van der Waals surface area (Å²) in [4.78, 5) is 71.3. The first kappa shape index (κ1) is 39.5. The van der Waals surface area contributed by atoms with Gasteiger partial charge in [-0.1, -0.05) is 69.3 Å². The second-order valence-corrected chi connectivity index (χ2v) is 15.5. The smallest absolute Gasteiger partial charge is 0.407 e. The number of aromatic nitrogens is 4. The summed E-state index contributed by atoms with van der Waals surface area (Å²) in [6, 6.07) is 14.5. The van der Waals surface area contributed by atoms with Gasteiger partial charge in [0, 0.05) is 19.6 Å². The standard InChI is InChI=1S/C42H52N8O7/c1-6-30(47-40(53)55-4)38(51)50-24-42(18-8-20-57-42)21-34(50)37-44-23-32(46-37)29-16-12-27(13-17-29)26-10-14-28(15-11-26)31-22-43-36(45-31)33-9-7-19-49(33)39(52)35(25(2)3)48-41(54)56-5/h10-17,22-23,25,30,33-35H,6-9,18-21,24H2,1-5H3,(H,43,45)(H,44,46)(H,47,53)(H,48,54)/t30-,33+,34+,35+,42+/m1/s1. The van der Waals surface area contributed by atoms with E-state index < -0.39 is 29.9 Å². The molecule has 0 saturated carbocycles. The number of alkyl carbamates (subject to hydrolysis) is 2. The average Bonchev–Trinajstić information content (AvgIpc) is 4.09. The molecule has 4 aromatic rings. The van der Waals surface area contributed by atoms with Gasteiger partial charge in [-0.05, 0) is 60.3 Å².